The van der Waals surface area contributed by atoms with Crippen LogP contribution in [0.15, 0.2) is 264 Å². The average Bonchev–Trinajstić information content (AvgIpc) is 1.47. The fourth-order valence-corrected chi connectivity index (χ4v) is 22.0. The maximum atomic E-state index is 7.04. The van der Waals surface area contributed by atoms with E-state index in [1.807, 2.05) is 22.7 Å². The van der Waals surface area contributed by atoms with E-state index in [2.05, 4.69) is 299 Å². The minimum Gasteiger partial charge on any atom is -0.454 e. The summed E-state index contributed by atoms with van der Waals surface area (Å²) in [4.78, 5) is 2.49. The molecule has 25 rings (SSSR count). The van der Waals surface area contributed by atoms with E-state index in [1.54, 1.807) is 0 Å². The molecule has 0 unspecified atom stereocenters. The van der Waals surface area contributed by atoms with Gasteiger partial charge in [0.15, 0.2) is 5.58 Å². The summed E-state index contributed by atoms with van der Waals surface area (Å²) in [6, 6.07) is 96.2. The van der Waals surface area contributed by atoms with Gasteiger partial charge in [0.1, 0.15) is 16.7 Å². The Bertz CT molecular complexity index is 7410. The zero-order valence-electron chi connectivity index (χ0n) is 54.3. The van der Waals surface area contributed by atoms with Crippen LogP contribution in [0.3, 0.4) is 0 Å². The first-order valence-corrected chi connectivity index (χ1v) is 36.2. The summed E-state index contributed by atoms with van der Waals surface area (Å²) in [6.07, 6.45) is 0. The molecule has 0 saturated heterocycles. The van der Waals surface area contributed by atoms with Crippen molar-refractivity contribution in [2.24, 2.45) is 0 Å². The maximum absolute atomic E-state index is 7.04. The predicted molar refractivity (Wildman–Crippen MR) is 423 cm³/mol. The Morgan fingerprint density at radius 1 is 0.350 bits per heavy atom. The second-order valence-electron chi connectivity index (χ2n) is 28.3. The highest BCUT2D eigenvalue weighted by molar-refractivity contribution is 7.27. The molecule has 0 fully saturated rings. The first kappa shape index (κ1) is 53.1. The molecule has 0 amide bonds. The van der Waals surface area contributed by atoms with Gasteiger partial charge in [-0.1, -0.05) is 175 Å². The number of aromatic nitrogens is 4. The molecule has 8 aromatic heterocycles. The van der Waals surface area contributed by atoms with Crippen LogP contribution < -0.4 is 26.8 Å². The molecular weight excluding hydrogens is 1260 g/mol. The topological polar surface area (TPSA) is 49.2 Å². The van der Waals surface area contributed by atoms with E-state index in [-0.39, 0.29) is 13.7 Å². The normalized spacial score (nSPS) is 13.3. The molecular formula is C89H51B2N5O2S2. The molecule has 0 spiro atoms. The Labute approximate surface area is 579 Å². The molecule has 21 aromatic rings. The minimum atomic E-state index is -0.100. The Kier molecular flexibility index (Phi) is 9.77. The van der Waals surface area contributed by atoms with Crippen molar-refractivity contribution in [3.8, 4) is 55.9 Å². The van der Waals surface area contributed by atoms with E-state index >= 15 is 0 Å². The number of furan rings is 2. The summed E-state index contributed by atoms with van der Waals surface area (Å²) < 4.78 is 29.8. The summed E-state index contributed by atoms with van der Waals surface area (Å²) in [7, 11) is 0. The number of para-hydroxylation sites is 7. The van der Waals surface area contributed by atoms with Gasteiger partial charge in [-0.3, -0.25) is 4.57 Å². The molecule has 0 atom stereocenters. The summed E-state index contributed by atoms with van der Waals surface area (Å²) in [5.41, 5.74) is 36.9. The lowest BCUT2D eigenvalue weighted by Crippen LogP contribution is -2.55. The van der Waals surface area contributed by atoms with Crippen LogP contribution in [0, 0.1) is 20.8 Å². The first-order chi connectivity index (χ1) is 49.4. The molecule has 13 aromatic carbocycles. The van der Waals surface area contributed by atoms with E-state index in [0.29, 0.717) is 0 Å². The van der Waals surface area contributed by atoms with Crippen LogP contribution in [-0.4, -0.2) is 31.8 Å². The second kappa shape index (κ2) is 18.4. The third-order valence-electron chi connectivity index (χ3n) is 23.1. The lowest BCUT2D eigenvalue weighted by atomic mass is 9.45. The molecule has 4 aliphatic heterocycles. The Balaban J connectivity index is 0.698. The van der Waals surface area contributed by atoms with Gasteiger partial charge < -0.3 is 27.3 Å². The van der Waals surface area contributed by atoms with E-state index in [1.165, 1.54) is 173 Å². The van der Waals surface area contributed by atoms with Gasteiger partial charge in [0, 0.05) is 103 Å². The van der Waals surface area contributed by atoms with Gasteiger partial charge in [-0.05, 0) is 172 Å². The molecule has 11 heteroatoms. The molecule has 4 aliphatic rings. The number of hydrogen-bond acceptors (Lipinski definition) is 5. The summed E-state index contributed by atoms with van der Waals surface area (Å²) in [5, 5.41) is 10.9. The molecule has 0 aliphatic carbocycles. The highest BCUT2D eigenvalue weighted by Crippen LogP contribution is 2.53. The van der Waals surface area contributed by atoms with Crippen LogP contribution in [0.25, 0.3) is 184 Å². The number of nitrogens with zero attached hydrogens (tertiary/aromatic N) is 5. The quantitative estimate of drug-likeness (QED) is 0.161. The first-order valence-electron chi connectivity index (χ1n) is 34.6. The lowest BCUT2D eigenvalue weighted by Gasteiger charge is -2.36. The van der Waals surface area contributed by atoms with Gasteiger partial charge in [-0.25, -0.2) is 0 Å². The van der Waals surface area contributed by atoms with Gasteiger partial charge in [0.25, 0.3) is 0 Å². The molecule has 12 heterocycles. The van der Waals surface area contributed by atoms with Crippen LogP contribution >= 0.6 is 22.7 Å². The summed E-state index contributed by atoms with van der Waals surface area (Å²) in [6.45, 7) is 6.56. The SMILES string of the molecule is Cc1cc(C)c(-c2cc3c4c(c2)-n2c5oc6ccccc6c5c5cccc(c52)B4n2c4c-3cccc4c3sc4cc(-c5cccc(N(c6ccccc6)c6cc7c8c(c6)-n6c9c(cccc9c9oc%10ccccc%10c96)B8n6c8c-7cccc8c7sc8ccccc8c76)c5)ccc4c32)c(C)c1. The van der Waals surface area contributed by atoms with Crippen molar-refractivity contribution in [2.45, 2.75) is 20.8 Å². The zero-order chi connectivity index (χ0) is 65.0. The van der Waals surface area contributed by atoms with Gasteiger partial charge in [0.2, 0.25) is 5.71 Å². The highest BCUT2D eigenvalue weighted by Gasteiger charge is 2.46. The van der Waals surface area contributed by atoms with Crippen molar-refractivity contribution in [3.63, 3.8) is 0 Å². The van der Waals surface area contributed by atoms with Crippen LogP contribution in [0.5, 0.6) is 0 Å². The van der Waals surface area contributed by atoms with Gasteiger partial charge in [0.05, 0.1) is 36.9 Å². The monoisotopic (exact) mass is 1310 g/mol. The Hall–Kier alpha value is -12.0. The predicted octanol–water partition coefficient (Wildman–Crippen LogP) is 21.6. The zero-order valence-corrected chi connectivity index (χ0v) is 55.9. The highest BCUT2D eigenvalue weighted by atomic mass is 32.1. The Morgan fingerprint density at radius 3 is 1.67 bits per heavy atom. The Morgan fingerprint density at radius 2 is 0.920 bits per heavy atom. The van der Waals surface area contributed by atoms with E-state index in [4.69, 9.17) is 8.83 Å². The van der Waals surface area contributed by atoms with E-state index < -0.39 is 0 Å². The van der Waals surface area contributed by atoms with Crippen molar-refractivity contribution >= 4 is 204 Å². The van der Waals surface area contributed by atoms with E-state index in [9.17, 15) is 0 Å². The smallest absolute Gasteiger partial charge is 0.333 e. The fraction of sp³-hybridized carbons (Fsp3) is 0.0337. The molecule has 462 valence electrons. The third-order valence-corrected chi connectivity index (χ3v) is 25.5. The number of benzene rings is 13. The number of thiophene rings is 2. The summed E-state index contributed by atoms with van der Waals surface area (Å²) >= 11 is 3.85. The molecule has 100 heavy (non-hydrogen) atoms. The molecule has 0 N–H and O–H groups in total. The van der Waals surface area contributed by atoms with Crippen molar-refractivity contribution in [3.05, 3.63) is 271 Å². The van der Waals surface area contributed by atoms with Crippen molar-refractivity contribution < 1.29 is 8.83 Å². The number of hydrogen-bond donors (Lipinski definition) is 0. The number of rotatable bonds is 5. The maximum Gasteiger partial charge on any atom is 0.333 e. The van der Waals surface area contributed by atoms with Gasteiger partial charge in [-0.2, -0.15) is 0 Å². The van der Waals surface area contributed by atoms with Crippen LogP contribution in [0.4, 0.5) is 17.1 Å². The lowest BCUT2D eigenvalue weighted by molar-refractivity contribution is 0.645. The minimum absolute atomic E-state index is 0.0978. The fourth-order valence-electron chi connectivity index (χ4n) is 19.6. The number of fused-ring (bicyclic) bond motifs is 28. The average molecular weight is 1310 g/mol. The van der Waals surface area contributed by atoms with Crippen molar-refractivity contribution in [2.75, 3.05) is 4.90 Å². The molecule has 0 bridgehead atoms. The molecule has 7 nitrogen and oxygen atoms in total. The third kappa shape index (κ3) is 6.38. The largest absolute Gasteiger partial charge is 0.454 e. The number of anilines is 3. The molecule has 0 saturated carbocycles. The van der Waals surface area contributed by atoms with Crippen molar-refractivity contribution in [1.82, 2.24) is 18.1 Å². The summed E-state index contributed by atoms with van der Waals surface area (Å²) in [5.74, 6) is 0. The van der Waals surface area contributed by atoms with Crippen LogP contribution in [0.2, 0.25) is 0 Å². The van der Waals surface area contributed by atoms with Crippen LogP contribution in [-0.2, 0) is 0 Å². The van der Waals surface area contributed by atoms with Crippen molar-refractivity contribution in [1.29, 1.82) is 0 Å². The van der Waals surface area contributed by atoms with Crippen LogP contribution in [0.1, 0.15) is 16.7 Å². The number of aryl methyl sites for hydroxylation is 3. The standard InChI is InChI=1S/C89H51B2N5O2S2/c1-46-38-47(2)75(48(3)39-46)51-41-65-55-25-14-30-64-79(55)96(90-67-31-16-27-61-76-57-22-7-10-33-71(57)98-89(76)94(81(61)67)69(42-51)77(65)90)85-60-37-36-50(43-74(60)100-88(64)85)49-18-13-21-53(40-49)92(52-19-5-4-6-20-52)54-44-66-56-26-15-29-63-80(56)95(84-59-24-9-12-35-73(59)99-87(63)84)91-68-32-17-28-62-82(68)93(70(45-54)78(66)91)83-58-23-8-11-34-72(58)97-86(62)83/h4-45H,1-3H3. The van der Waals surface area contributed by atoms with Gasteiger partial charge >= 0.3 is 13.7 Å². The van der Waals surface area contributed by atoms with Gasteiger partial charge in [-0.15, -0.1) is 22.7 Å². The second-order valence-corrected chi connectivity index (χ2v) is 30.4. The van der Waals surface area contributed by atoms with E-state index in [0.717, 1.165) is 66.8 Å². The molecule has 0 radical (unpaired) electrons.